The Morgan fingerprint density at radius 3 is 1.39 bits per heavy atom. The van der Waals surface area contributed by atoms with Crippen molar-refractivity contribution < 1.29 is 4.74 Å². The zero-order valence-electron chi connectivity index (χ0n) is 19.7. The Hall–Kier alpha value is -0.900. The molecule has 2 aliphatic heterocycles. The van der Waals surface area contributed by atoms with Gasteiger partial charge < -0.3 is 9.64 Å². The van der Waals surface area contributed by atoms with Crippen molar-refractivity contribution in [3.8, 4) is 0 Å². The standard InChI is InChI=1S/C10H14.C8H17N.C7H15NO.3CH4/c1-8(2)10-6-4-9(3)5-7-10;1-8(2)9-6-4-3-5-7-9;1-7(2)8-3-5-9-6-4-8;;;/h4-8H,1-3H3;8H,3-7H2,1-2H3;7H,3-6H2,1-2H3;3*1H4. The Morgan fingerprint density at radius 2 is 1.06 bits per heavy atom. The van der Waals surface area contributed by atoms with Crippen LogP contribution in [0.5, 0.6) is 0 Å². The minimum Gasteiger partial charge on any atom is -0.379 e. The van der Waals surface area contributed by atoms with Crippen molar-refractivity contribution in [3.63, 3.8) is 0 Å². The van der Waals surface area contributed by atoms with Crippen molar-refractivity contribution in [1.29, 1.82) is 0 Å². The first-order valence-electron chi connectivity index (χ1n) is 11.4. The summed E-state index contributed by atoms with van der Waals surface area (Å²) >= 11 is 0. The molecule has 0 radical (unpaired) electrons. The van der Waals surface area contributed by atoms with Crippen molar-refractivity contribution in [2.75, 3.05) is 39.4 Å². The largest absolute Gasteiger partial charge is 0.379 e. The Labute approximate surface area is 197 Å². The number of benzene rings is 1. The lowest BCUT2D eigenvalue weighted by Crippen LogP contribution is -2.40. The van der Waals surface area contributed by atoms with Crippen molar-refractivity contribution in [1.82, 2.24) is 9.80 Å². The van der Waals surface area contributed by atoms with E-state index < -0.39 is 0 Å². The van der Waals surface area contributed by atoms with E-state index in [0.717, 1.165) is 32.3 Å². The van der Waals surface area contributed by atoms with Gasteiger partial charge in [-0.2, -0.15) is 0 Å². The van der Waals surface area contributed by atoms with Crippen LogP contribution >= 0.6 is 0 Å². The number of nitrogens with zero attached hydrogens (tertiary/aromatic N) is 2. The fraction of sp³-hybridized carbons (Fsp3) is 0.786. The van der Waals surface area contributed by atoms with Crippen LogP contribution in [0.15, 0.2) is 24.3 Å². The van der Waals surface area contributed by atoms with Crippen molar-refractivity contribution in [2.24, 2.45) is 0 Å². The van der Waals surface area contributed by atoms with Crippen LogP contribution in [0.25, 0.3) is 0 Å². The third-order valence-corrected chi connectivity index (χ3v) is 5.64. The summed E-state index contributed by atoms with van der Waals surface area (Å²) in [4.78, 5) is 4.99. The second-order valence-electron chi connectivity index (χ2n) is 9.00. The van der Waals surface area contributed by atoms with E-state index in [9.17, 15) is 0 Å². The van der Waals surface area contributed by atoms with Gasteiger partial charge in [-0.25, -0.2) is 0 Å². The molecule has 3 nitrogen and oxygen atoms in total. The molecule has 1 aromatic rings. The molecule has 0 aromatic heterocycles. The molecular formula is C28H58N2O. The predicted molar refractivity (Wildman–Crippen MR) is 144 cm³/mol. The molecule has 186 valence electrons. The van der Waals surface area contributed by atoms with Gasteiger partial charge in [-0.3, -0.25) is 4.90 Å². The fourth-order valence-electron chi connectivity index (χ4n) is 3.48. The third kappa shape index (κ3) is 15.5. The summed E-state index contributed by atoms with van der Waals surface area (Å²) < 4.78 is 5.21. The third-order valence-electron chi connectivity index (χ3n) is 5.64. The van der Waals surface area contributed by atoms with Crippen LogP contribution in [0.1, 0.15) is 100 Å². The molecule has 2 saturated heterocycles. The lowest BCUT2D eigenvalue weighted by molar-refractivity contribution is 0.0238. The first-order valence-corrected chi connectivity index (χ1v) is 11.4. The van der Waals surface area contributed by atoms with Crippen molar-refractivity contribution in [3.05, 3.63) is 35.4 Å². The minimum absolute atomic E-state index is 0. The summed E-state index contributed by atoms with van der Waals surface area (Å²) in [6.45, 7) is 22.3. The molecule has 0 N–H and O–H groups in total. The number of aryl methyl sites for hydroxylation is 1. The summed E-state index contributed by atoms with van der Waals surface area (Å²) in [7, 11) is 0. The topological polar surface area (TPSA) is 15.7 Å². The molecule has 0 aliphatic carbocycles. The van der Waals surface area contributed by atoms with Crippen LogP contribution in [0.3, 0.4) is 0 Å². The Balaban J connectivity index is -0.000000362. The smallest absolute Gasteiger partial charge is 0.0594 e. The average Bonchev–Trinajstić information content (AvgIpc) is 2.70. The molecule has 0 saturated carbocycles. The zero-order valence-corrected chi connectivity index (χ0v) is 19.7. The van der Waals surface area contributed by atoms with E-state index in [2.05, 4.69) is 82.5 Å². The summed E-state index contributed by atoms with van der Waals surface area (Å²) in [6, 6.07) is 10.2. The highest BCUT2D eigenvalue weighted by atomic mass is 16.5. The maximum atomic E-state index is 5.21. The summed E-state index contributed by atoms with van der Waals surface area (Å²) in [5, 5.41) is 0. The van der Waals surface area contributed by atoms with Crippen molar-refractivity contribution >= 4 is 0 Å². The van der Waals surface area contributed by atoms with Gasteiger partial charge in [-0.15, -0.1) is 0 Å². The number of morpholine rings is 1. The molecule has 0 atom stereocenters. The van der Waals surface area contributed by atoms with Gasteiger partial charge in [0, 0.05) is 25.2 Å². The molecule has 0 amide bonds. The second-order valence-corrected chi connectivity index (χ2v) is 9.00. The quantitative estimate of drug-likeness (QED) is 0.482. The monoisotopic (exact) mass is 438 g/mol. The minimum atomic E-state index is 0. The molecule has 0 unspecified atom stereocenters. The van der Waals surface area contributed by atoms with Gasteiger partial charge in [0.15, 0.2) is 0 Å². The second kappa shape index (κ2) is 19.8. The highest BCUT2D eigenvalue weighted by Crippen LogP contribution is 2.13. The normalized spacial score (nSPS) is 16.7. The van der Waals surface area contributed by atoms with E-state index in [1.165, 1.54) is 43.5 Å². The number of ether oxygens (including phenoxy) is 1. The molecule has 1 aromatic carbocycles. The van der Waals surface area contributed by atoms with E-state index in [1.807, 2.05) is 0 Å². The summed E-state index contributed by atoms with van der Waals surface area (Å²) in [6.07, 6.45) is 4.28. The fourth-order valence-corrected chi connectivity index (χ4v) is 3.48. The van der Waals surface area contributed by atoms with Gasteiger partial charge in [0.25, 0.3) is 0 Å². The van der Waals surface area contributed by atoms with Gasteiger partial charge in [0.1, 0.15) is 0 Å². The average molecular weight is 439 g/mol. The van der Waals surface area contributed by atoms with Gasteiger partial charge >= 0.3 is 0 Å². The van der Waals surface area contributed by atoms with Crippen LogP contribution < -0.4 is 0 Å². The van der Waals surface area contributed by atoms with Crippen LogP contribution in [-0.4, -0.2) is 61.3 Å². The first kappa shape index (κ1) is 34.7. The number of hydrogen-bond donors (Lipinski definition) is 0. The van der Waals surface area contributed by atoms with Crippen LogP contribution in [0.2, 0.25) is 0 Å². The maximum Gasteiger partial charge on any atom is 0.0594 e. The van der Waals surface area contributed by atoms with E-state index >= 15 is 0 Å². The van der Waals surface area contributed by atoms with Gasteiger partial charge in [-0.1, -0.05) is 72.4 Å². The van der Waals surface area contributed by atoms with E-state index in [-0.39, 0.29) is 22.3 Å². The Kier molecular flexibility index (Phi) is 22.1. The summed E-state index contributed by atoms with van der Waals surface area (Å²) in [5.74, 6) is 0.653. The molecular weight excluding hydrogens is 380 g/mol. The van der Waals surface area contributed by atoms with Crippen LogP contribution in [0.4, 0.5) is 0 Å². The Bertz CT molecular complexity index is 462. The van der Waals surface area contributed by atoms with Crippen LogP contribution in [0, 0.1) is 6.92 Å². The van der Waals surface area contributed by atoms with Crippen LogP contribution in [-0.2, 0) is 4.74 Å². The maximum absolute atomic E-state index is 5.21. The van der Waals surface area contributed by atoms with Gasteiger partial charge in [0.2, 0.25) is 0 Å². The predicted octanol–water partition coefficient (Wildman–Crippen LogP) is 7.63. The highest BCUT2D eigenvalue weighted by molar-refractivity contribution is 5.23. The number of rotatable bonds is 3. The number of likely N-dealkylation sites (tertiary alicyclic amines) is 1. The first-order chi connectivity index (χ1) is 13.3. The molecule has 0 spiro atoms. The molecule has 2 aliphatic rings. The van der Waals surface area contributed by atoms with E-state index in [0.29, 0.717) is 12.0 Å². The zero-order chi connectivity index (χ0) is 20.9. The Morgan fingerprint density at radius 1 is 0.645 bits per heavy atom. The number of hydrogen-bond acceptors (Lipinski definition) is 3. The van der Waals surface area contributed by atoms with Gasteiger partial charge in [0.05, 0.1) is 13.2 Å². The molecule has 2 fully saturated rings. The number of piperidine rings is 1. The highest BCUT2D eigenvalue weighted by Gasteiger charge is 2.12. The lowest BCUT2D eigenvalue weighted by Gasteiger charge is -2.29. The van der Waals surface area contributed by atoms with Crippen molar-refractivity contribution in [2.45, 2.75) is 108 Å². The van der Waals surface area contributed by atoms with Gasteiger partial charge in [-0.05, 0) is 72.0 Å². The molecule has 31 heavy (non-hydrogen) atoms. The summed E-state index contributed by atoms with van der Waals surface area (Å²) in [5.41, 5.74) is 2.76. The molecule has 3 heteroatoms. The van der Waals surface area contributed by atoms with E-state index in [1.54, 1.807) is 0 Å². The lowest BCUT2D eigenvalue weighted by atomic mass is 10.0. The SMILES string of the molecule is C.C.C.CC(C)N1CCCCC1.CC(C)N1CCOCC1.Cc1ccc(C(C)C)cc1. The molecule has 2 heterocycles. The van der Waals surface area contributed by atoms with E-state index in [4.69, 9.17) is 4.74 Å². The molecule has 0 bridgehead atoms. The molecule has 3 rings (SSSR count).